The van der Waals surface area contributed by atoms with Crippen molar-refractivity contribution in [1.29, 1.82) is 0 Å². The quantitative estimate of drug-likeness (QED) is 0.808. The van der Waals surface area contributed by atoms with Gasteiger partial charge in [-0.25, -0.2) is 4.98 Å². The first-order valence-electron chi connectivity index (χ1n) is 8.77. The molecule has 0 bridgehead atoms. The van der Waals surface area contributed by atoms with Gasteiger partial charge in [-0.1, -0.05) is 18.9 Å². The van der Waals surface area contributed by atoms with Crippen LogP contribution in [0, 0.1) is 5.92 Å². The summed E-state index contributed by atoms with van der Waals surface area (Å²) in [7, 11) is 0. The molecule has 0 unspecified atom stereocenters. The zero-order chi connectivity index (χ0) is 16.4. The number of thiophene rings is 1. The molecule has 2 aliphatic carbocycles. The highest BCUT2D eigenvalue weighted by Crippen LogP contribution is 2.32. The highest BCUT2D eigenvalue weighted by Gasteiger charge is 2.41. The molecule has 5 nitrogen and oxygen atoms in total. The molecule has 2 aliphatic rings. The Bertz CT molecular complexity index is 685. The van der Waals surface area contributed by atoms with E-state index in [2.05, 4.69) is 15.6 Å². The van der Waals surface area contributed by atoms with E-state index in [0.717, 1.165) is 42.9 Å². The molecule has 4 rings (SSSR count). The van der Waals surface area contributed by atoms with Gasteiger partial charge in [0.15, 0.2) is 5.76 Å². The average molecular weight is 345 g/mol. The van der Waals surface area contributed by atoms with Crippen LogP contribution in [0.3, 0.4) is 0 Å². The maximum absolute atomic E-state index is 12.7. The Kier molecular flexibility index (Phi) is 4.41. The number of hydrogen-bond acceptors (Lipinski definition) is 5. The fourth-order valence-electron chi connectivity index (χ4n) is 3.36. The molecule has 0 radical (unpaired) electrons. The number of carbonyl (C=O) groups excluding carboxylic acids is 1. The predicted octanol–water partition coefficient (Wildman–Crippen LogP) is 3.33. The number of aromatic nitrogens is 1. The van der Waals surface area contributed by atoms with Crippen LogP contribution in [-0.2, 0) is 11.3 Å². The molecular formula is C18H23N3O2S. The molecule has 0 saturated heterocycles. The van der Waals surface area contributed by atoms with E-state index in [1.165, 1.54) is 12.8 Å². The first-order valence-corrected chi connectivity index (χ1v) is 9.65. The molecule has 2 N–H and O–H groups in total. The van der Waals surface area contributed by atoms with E-state index < -0.39 is 5.54 Å². The summed E-state index contributed by atoms with van der Waals surface area (Å²) in [5, 5.41) is 8.61. The van der Waals surface area contributed by atoms with Gasteiger partial charge in [0.2, 0.25) is 11.8 Å². The van der Waals surface area contributed by atoms with Crippen molar-refractivity contribution in [3.63, 3.8) is 0 Å². The van der Waals surface area contributed by atoms with Gasteiger partial charge in [0, 0.05) is 6.54 Å². The number of rotatable bonds is 7. The summed E-state index contributed by atoms with van der Waals surface area (Å²) in [6.07, 6.45) is 8.23. The van der Waals surface area contributed by atoms with E-state index in [0.29, 0.717) is 18.4 Å². The zero-order valence-corrected chi connectivity index (χ0v) is 14.5. The molecule has 0 aliphatic heterocycles. The summed E-state index contributed by atoms with van der Waals surface area (Å²) < 4.78 is 5.83. The third-order valence-electron chi connectivity index (χ3n) is 5.04. The fourth-order valence-corrected chi connectivity index (χ4v) is 4.03. The van der Waals surface area contributed by atoms with Crippen LogP contribution in [0.5, 0.6) is 0 Å². The molecule has 2 aromatic heterocycles. The second-order valence-electron chi connectivity index (χ2n) is 6.89. The summed E-state index contributed by atoms with van der Waals surface area (Å²) in [5.74, 6) is 2.28. The van der Waals surface area contributed by atoms with Crippen molar-refractivity contribution in [2.75, 3.05) is 6.54 Å². The Labute approximate surface area is 145 Å². The lowest BCUT2D eigenvalue weighted by Gasteiger charge is -2.28. The van der Waals surface area contributed by atoms with Crippen LogP contribution in [0.2, 0.25) is 0 Å². The molecule has 2 aromatic rings. The molecular weight excluding hydrogens is 322 g/mol. The van der Waals surface area contributed by atoms with Crippen molar-refractivity contribution in [2.45, 2.75) is 50.6 Å². The molecule has 2 saturated carbocycles. The highest BCUT2D eigenvalue weighted by atomic mass is 32.1. The van der Waals surface area contributed by atoms with E-state index in [9.17, 15) is 4.79 Å². The second kappa shape index (κ2) is 6.69. The van der Waals surface area contributed by atoms with Gasteiger partial charge in [-0.2, -0.15) is 0 Å². The van der Waals surface area contributed by atoms with Crippen LogP contribution in [0.1, 0.15) is 44.4 Å². The van der Waals surface area contributed by atoms with E-state index in [1.54, 1.807) is 17.5 Å². The van der Waals surface area contributed by atoms with Gasteiger partial charge in [0.1, 0.15) is 0 Å². The van der Waals surface area contributed by atoms with Gasteiger partial charge in [-0.05, 0) is 43.0 Å². The smallest absolute Gasteiger partial charge is 0.240 e. The molecule has 0 aromatic carbocycles. The lowest BCUT2D eigenvalue weighted by atomic mass is 9.96. The summed E-state index contributed by atoms with van der Waals surface area (Å²) in [5.41, 5.74) is -0.452. The number of hydrogen-bond donors (Lipinski definition) is 2. The summed E-state index contributed by atoms with van der Waals surface area (Å²) in [4.78, 5) is 18.1. The lowest BCUT2D eigenvalue weighted by molar-refractivity contribution is -0.127. The average Bonchev–Trinajstić information content (AvgIpc) is 3.06. The zero-order valence-electron chi connectivity index (χ0n) is 13.7. The van der Waals surface area contributed by atoms with Crippen molar-refractivity contribution < 1.29 is 9.21 Å². The third kappa shape index (κ3) is 3.39. The van der Waals surface area contributed by atoms with E-state index in [-0.39, 0.29) is 5.91 Å². The lowest BCUT2D eigenvalue weighted by Crippen LogP contribution is -2.55. The normalized spacial score (nSPS) is 19.5. The van der Waals surface area contributed by atoms with E-state index in [4.69, 9.17) is 4.42 Å². The van der Waals surface area contributed by atoms with Crippen LogP contribution in [-0.4, -0.2) is 23.0 Å². The van der Waals surface area contributed by atoms with Gasteiger partial charge in [-0.15, -0.1) is 11.3 Å². The van der Waals surface area contributed by atoms with Crippen LogP contribution in [0.25, 0.3) is 10.6 Å². The Morgan fingerprint density at radius 3 is 2.92 bits per heavy atom. The van der Waals surface area contributed by atoms with Crippen molar-refractivity contribution >= 4 is 17.2 Å². The van der Waals surface area contributed by atoms with Gasteiger partial charge in [-0.3, -0.25) is 10.1 Å². The largest absolute Gasteiger partial charge is 0.438 e. The van der Waals surface area contributed by atoms with Crippen molar-refractivity contribution in [1.82, 2.24) is 15.6 Å². The number of nitrogens with one attached hydrogen (secondary N) is 2. The van der Waals surface area contributed by atoms with Gasteiger partial charge < -0.3 is 9.73 Å². The Balaban J connectivity index is 1.39. The van der Waals surface area contributed by atoms with E-state index in [1.807, 2.05) is 17.5 Å². The molecule has 24 heavy (non-hydrogen) atoms. The molecule has 0 spiro atoms. The minimum atomic E-state index is -0.452. The maximum Gasteiger partial charge on any atom is 0.240 e. The van der Waals surface area contributed by atoms with Gasteiger partial charge >= 0.3 is 0 Å². The highest BCUT2D eigenvalue weighted by molar-refractivity contribution is 7.13. The molecule has 1 amide bonds. The standard InChI is InChI=1S/C18H23N3O2S/c22-17(20-10-13-5-6-13)18(7-1-2-8-18)21-12-16-19-11-14(23-16)15-4-3-9-24-15/h3-4,9,11,13,21H,1-2,5-8,10,12H2,(H,20,22). The molecule has 0 atom stereocenters. The van der Waals surface area contributed by atoms with Crippen molar-refractivity contribution in [2.24, 2.45) is 5.92 Å². The first kappa shape index (κ1) is 15.8. The minimum absolute atomic E-state index is 0.150. The predicted molar refractivity (Wildman–Crippen MR) is 93.6 cm³/mol. The first-order chi connectivity index (χ1) is 11.8. The van der Waals surface area contributed by atoms with Crippen molar-refractivity contribution in [3.8, 4) is 10.6 Å². The molecule has 2 fully saturated rings. The summed E-state index contributed by atoms with van der Waals surface area (Å²) >= 11 is 1.63. The summed E-state index contributed by atoms with van der Waals surface area (Å²) in [6.45, 7) is 1.31. The molecule has 6 heteroatoms. The molecule has 128 valence electrons. The fraction of sp³-hybridized carbons (Fsp3) is 0.556. The Hall–Kier alpha value is -1.66. The number of nitrogens with zero attached hydrogens (tertiary/aromatic N) is 1. The Morgan fingerprint density at radius 2 is 2.21 bits per heavy atom. The van der Waals surface area contributed by atoms with Gasteiger partial charge in [0.25, 0.3) is 0 Å². The van der Waals surface area contributed by atoms with E-state index >= 15 is 0 Å². The Morgan fingerprint density at radius 1 is 1.38 bits per heavy atom. The van der Waals surface area contributed by atoms with Crippen LogP contribution in [0.15, 0.2) is 28.1 Å². The van der Waals surface area contributed by atoms with Gasteiger partial charge in [0.05, 0.1) is 23.2 Å². The SMILES string of the molecule is O=C(NCC1CC1)C1(NCc2ncc(-c3cccs3)o2)CCCC1. The number of carbonyl (C=O) groups is 1. The third-order valence-corrected chi connectivity index (χ3v) is 5.92. The number of oxazole rings is 1. The number of amides is 1. The molecule has 2 heterocycles. The van der Waals surface area contributed by atoms with Crippen LogP contribution in [0.4, 0.5) is 0 Å². The second-order valence-corrected chi connectivity index (χ2v) is 7.84. The maximum atomic E-state index is 12.7. The van der Waals surface area contributed by atoms with Crippen molar-refractivity contribution in [3.05, 3.63) is 29.6 Å². The van der Waals surface area contributed by atoms with Crippen LogP contribution < -0.4 is 10.6 Å². The van der Waals surface area contributed by atoms with Crippen LogP contribution >= 0.6 is 11.3 Å². The monoisotopic (exact) mass is 345 g/mol. The summed E-state index contributed by atoms with van der Waals surface area (Å²) in [6, 6.07) is 4.02. The topological polar surface area (TPSA) is 67.2 Å². The minimum Gasteiger partial charge on any atom is -0.438 e.